The number of nitrogens with one attached hydrogen (secondary N) is 1. The second kappa shape index (κ2) is 7.53. The summed E-state index contributed by atoms with van der Waals surface area (Å²) in [4.78, 5) is 2.51. The van der Waals surface area contributed by atoms with Crippen LogP contribution in [0.15, 0.2) is 24.3 Å². The van der Waals surface area contributed by atoms with Crippen LogP contribution in [0.4, 0.5) is 4.39 Å². The second-order valence-electron chi connectivity index (χ2n) is 7.13. The normalized spacial score (nSPS) is 20.3. The fourth-order valence-electron chi connectivity index (χ4n) is 3.09. The summed E-state index contributed by atoms with van der Waals surface area (Å²) in [5.41, 5.74) is -0.221. The average Bonchev–Trinajstić information content (AvgIpc) is 2.46. The van der Waals surface area contributed by atoms with Gasteiger partial charge in [0.25, 0.3) is 0 Å². The predicted octanol–water partition coefficient (Wildman–Crippen LogP) is 2.74. The fourth-order valence-corrected chi connectivity index (χ4v) is 3.09. The Morgan fingerprint density at radius 3 is 2.41 bits per heavy atom. The van der Waals surface area contributed by atoms with Crippen LogP contribution in [0.25, 0.3) is 0 Å². The molecule has 0 radical (unpaired) electrons. The van der Waals surface area contributed by atoms with E-state index >= 15 is 0 Å². The van der Waals surface area contributed by atoms with Crippen molar-refractivity contribution in [2.24, 2.45) is 5.92 Å². The summed E-state index contributed by atoms with van der Waals surface area (Å²) in [6, 6.07) is 6.56. The molecule has 1 aliphatic rings. The van der Waals surface area contributed by atoms with Crippen LogP contribution in [0.5, 0.6) is 0 Å². The molecule has 1 unspecified atom stereocenters. The molecule has 1 heterocycles. The first-order valence-electron chi connectivity index (χ1n) is 8.31. The van der Waals surface area contributed by atoms with Gasteiger partial charge in [-0.15, -0.1) is 0 Å². The Balaban J connectivity index is 1.79. The lowest BCUT2D eigenvalue weighted by Crippen LogP contribution is -2.47. The molecule has 4 heteroatoms. The lowest BCUT2D eigenvalue weighted by Gasteiger charge is -2.35. The van der Waals surface area contributed by atoms with Gasteiger partial charge in [0, 0.05) is 19.1 Å². The van der Waals surface area contributed by atoms with Gasteiger partial charge in [-0.25, -0.2) is 4.39 Å². The van der Waals surface area contributed by atoms with Gasteiger partial charge in [-0.05, 0) is 56.5 Å². The molecule has 2 N–H and O–H groups in total. The van der Waals surface area contributed by atoms with Gasteiger partial charge in [0.2, 0.25) is 0 Å². The van der Waals surface area contributed by atoms with Crippen LogP contribution in [0.3, 0.4) is 0 Å². The van der Waals surface area contributed by atoms with E-state index in [0.717, 1.165) is 31.5 Å². The van der Waals surface area contributed by atoms with Gasteiger partial charge in [0.05, 0.1) is 5.60 Å². The van der Waals surface area contributed by atoms with Crippen LogP contribution in [0.2, 0.25) is 0 Å². The molecule has 1 atom stereocenters. The molecule has 2 rings (SSSR count). The molecule has 0 bridgehead atoms. The van der Waals surface area contributed by atoms with Crippen LogP contribution < -0.4 is 5.32 Å². The molecule has 3 nitrogen and oxygen atoms in total. The van der Waals surface area contributed by atoms with E-state index in [1.807, 2.05) is 0 Å². The minimum absolute atomic E-state index is 0.273. The molecular formula is C18H29FN2O. The van der Waals surface area contributed by atoms with Crippen LogP contribution in [-0.4, -0.2) is 42.2 Å². The Hall–Kier alpha value is -0.970. The largest absolute Gasteiger partial charge is 0.384 e. The van der Waals surface area contributed by atoms with Crippen molar-refractivity contribution in [2.75, 3.05) is 26.2 Å². The van der Waals surface area contributed by atoms with Crippen LogP contribution in [-0.2, 0) is 5.60 Å². The second-order valence-corrected chi connectivity index (χ2v) is 7.13. The molecule has 0 saturated carbocycles. The summed E-state index contributed by atoms with van der Waals surface area (Å²) in [6.07, 6.45) is 2.23. The maximum absolute atomic E-state index is 13.0. The number of halogens is 1. The molecule has 1 aromatic carbocycles. The van der Waals surface area contributed by atoms with Gasteiger partial charge in [-0.2, -0.15) is 0 Å². The van der Waals surface area contributed by atoms with Gasteiger partial charge in [0.15, 0.2) is 0 Å². The third kappa shape index (κ3) is 5.04. The van der Waals surface area contributed by atoms with Gasteiger partial charge < -0.3 is 15.3 Å². The summed E-state index contributed by atoms with van der Waals surface area (Å²) in [5.74, 6) is 0.439. The minimum atomic E-state index is -0.969. The Bertz CT molecular complexity index is 451. The zero-order valence-corrected chi connectivity index (χ0v) is 14.0. The van der Waals surface area contributed by atoms with Crippen molar-refractivity contribution >= 4 is 0 Å². The lowest BCUT2D eigenvalue weighted by atomic mass is 9.94. The van der Waals surface area contributed by atoms with Crippen LogP contribution in [0.1, 0.15) is 39.2 Å². The van der Waals surface area contributed by atoms with Crippen LogP contribution in [0, 0.1) is 11.7 Å². The van der Waals surface area contributed by atoms with E-state index in [2.05, 4.69) is 24.1 Å². The number of hydrogen-bond acceptors (Lipinski definition) is 3. The topological polar surface area (TPSA) is 35.5 Å². The summed E-state index contributed by atoms with van der Waals surface area (Å²) in [7, 11) is 0. The van der Waals surface area contributed by atoms with Crippen molar-refractivity contribution in [3.63, 3.8) is 0 Å². The van der Waals surface area contributed by atoms with Gasteiger partial charge in [-0.1, -0.05) is 26.0 Å². The van der Waals surface area contributed by atoms with Crippen molar-refractivity contribution in [1.82, 2.24) is 10.2 Å². The average molecular weight is 308 g/mol. The van der Waals surface area contributed by atoms with E-state index in [0.29, 0.717) is 18.5 Å². The van der Waals surface area contributed by atoms with Crippen molar-refractivity contribution in [3.8, 4) is 0 Å². The highest BCUT2D eigenvalue weighted by atomic mass is 19.1. The van der Waals surface area contributed by atoms with E-state index in [9.17, 15) is 9.50 Å². The number of piperidine rings is 1. The van der Waals surface area contributed by atoms with Gasteiger partial charge >= 0.3 is 0 Å². The Morgan fingerprint density at radius 2 is 1.86 bits per heavy atom. The van der Waals surface area contributed by atoms with Gasteiger partial charge in [-0.3, -0.25) is 0 Å². The Labute approximate surface area is 133 Å². The summed E-state index contributed by atoms with van der Waals surface area (Å²) < 4.78 is 13.0. The van der Waals surface area contributed by atoms with E-state index < -0.39 is 5.60 Å². The number of aliphatic hydroxyl groups is 1. The predicted molar refractivity (Wildman–Crippen MR) is 88.3 cm³/mol. The first-order chi connectivity index (χ1) is 10.4. The zero-order chi connectivity index (χ0) is 16.2. The standard InChI is InChI=1S/C18H29FN2O/c1-14(2)12-21-10-8-17(9-11-21)20-13-18(3,22)15-4-6-16(19)7-5-15/h4-7,14,17,20,22H,8-13H2,1-3H3. The Kier molecular flexibility index (Phi) is 5.95. The van der Waals surface area contributed by atoms with Crippen LogP contribution >= 0.6 is 0 Å². The number of likely N-dealkylation sites (tertiary alicyclic amines) is 1. The smallest absolute Gasteiger partial charge is 0.123 e. The maximum Gasteiger partial charge on any atom is 0.123 e. The minimum Gasteiger partial charge on any atom is -0.384 e. The molecule has 0 spiro atoms. The molecular weight excluding hydrogens is 279 g/mol. The summed E-state index contributed by atoms with van der Waals surface area (Å²) in [5, 5.41) is 14.1. The van der Waals surface area contributed by atoms with Crippen molar-refractivity contribution < 1.29 is 9.50 Å². The SMILES string of the molecule is CC(C)CN1CCC(NCC(C)(O)c2ccc(F)cc2)CC1. The molecule has 1 aliphatic heterocycles. The summed E-state index contributed by atoms with van der Waals surface area (Å²) >= 11 is 0. The van der Waals surface area contributed by atoms with E-state index in [1.54, 1.807) is 19.1 Å². The fraction of sp³-hybridized carbons (Fsp3) is 0.667. The highest BCUT2D eigenvalue weighted by molar-refractivity contribution is 5.22. The number of nitrogens with zero attached hydrogens (tertiary/aromatic N) is 1. The van der Waals surface area contributed by atoms with Gasteiger partial charge in [0.1, 0.15) is 5.82 Å². The zero-order valence-electron chi connectivity index (χ0n) is 14.0. The highest BCUT2D eigenvalue weighted by Crippen LogP contribution is 2.21. The molecule has 1 fully saturated rings. The molecule has 124 valence electrons. The van der Waals surface area contributed by atoms with E-state index in [-0.39, 0.29) is 5.82 Å². The quantitative estimate of drug-likeness (QED) is 0.848. The first-order valence-corrected chi connectivity index (χ1v) is 8.31. The van der Waals surface area contributed by atoms with Crippen molar-refractivity contribution in [2.45, 2.75) is 45.3 Å². The highest BCUT2D eigenvalue weighted by Gasteiger charge is 2.26. The summed E-state index contributed by atoms with van der Waals surface area (Å²) in [6.45, 7) is 10.2. The monoisotopic (exact) mass is 308 g/mol. The van der Waals surface area contributed by atoms with Crippen molar-refractivity contribution in [3.05, 3.63) is 35.6 Å². The van der Waals surface area contributed by atoms with E-state index in [4.69, 9.17) is 0 Å². The molecule has 22 heavy (non-hydrogen) atoms. The van der Waals surface area contributed by atoms with E-state index in [1.165, 1.54) is 18.7 Å². The molecule has 0 amide bonds. The molecule has 0 aromatic heterocycles. The number of rotatable bonds is 6. The first kappa shape index (κ1) is 17.4. The molecule has 1 saturated heterocycles. The number of hydrogen-bond donors (Lipinski definition) is 2. The third-order valence-electron chi connectivity index (χ3n) is 4.41. The number of benzene rings is 1. The maximum atomic E-state index is 13.0. The molecule has 1 aromatic rings. The van der Waals surface area contributed by atoms with Crippen molar-refractivity contribution in [1.29, 1.82) is 0 Å². The third-order valence-corrected chi connectivity index (χ3v) is 4.41. The Morgan fingerprint density at radius 1 is 1.27 bits per heavy atom. The lowest BCUT2D eigenvalue weighted by molar-refractivity contribution is 0.0498. The molecule has 0 aliphatic carbocycles.